The maximum absolute atomic E-state index is 13.1. The van der Waals surface area contributed by atoms with E-state index in [0.717, 1.165) is 22.4 Å². The maximum atomic E-state index is 13.1. The molecule has 1 amide bonds. The molecule has 2 N–H and O–H groups in total. The minimum absolute atomic E-state index is 0.0969. The van der Waals surface area contributed by atoms with E-state index in [9.17, 15) is 19.8 Å². The Morgan fingerprint density at radius 1 is 1.22 bits per heavy atom. The Balaban J connectivity index is 2.10. The zero-order valence-electron chi connectivity index (χ0n) is 15.5. The Bertz CT molecular complexity index is 866. The van der Waals surface area contributed by atoms with Gasteiger partial charge >= 0.3 is 5.97 Å². The smallest absolute Gasteiger partial charge is 0.305 e. The number of hydrogen-bond donors (Lipinski definition) is 2. The molecule has 0 spiro atoms. The van der Waals surface area contributed by atoms with Crippen LogP contribution in [0, 0.1) is 6.92 Å². The molecule has 1 heterocycles. The fourth-order valence-corrected chi connectivity index (χ4v) is 4.78. The predicted molar refractivity (Wildman–Crippen MR) is 107 cm³/mol. The summed E-state index contributed by atoms with van der Waals surface area (Å²) in [5, 5.41) is 18.5. The van der Waals surface area contributed by atoms with E-state index in [-0.39, 0.29) is 29.4 Å². The molecular weight excluding hydrogens is 362 g/mol. The first-order valence-electron chi connectivity index (χ1n) is 8.88. The number of benzene rings is 2. The first-order valence-corrected chi connectivity index (χ1v) is 9.82. The molecule has 2 aromatic carbocycles. The van der Waals surface area contributed by atoms with Crippen molar-refractivity contribution in [2.75, 3.05) is 4.90 Å². The Morgan fingerprint density at radius 3 is 2.48 bits per heavy atom. The van der Waals surface area contributed by atoms with Crippen LogP contribution in [0.1, 0.15) is 48.3 Å². The van der Waals surface area contributed by atoms with Crippen molar-refractivity contribution in [3.05, 3.63) is 59.2 Å². The second kappa shape index (κ2) is 7.64. The van der Waals surface area contributed by atoms with Crippen molar-refractivity contribution in [1.82, 2.24) is 0 Å². The average Bonchev–Trinajstić information content (AvgIpc) is 2.91. The zero-order chi connectivity index (χ0) is 19.7. The van der Waals surface area contributed by atoms with Crippen molar-refractivity contribution in [2.45, 2.75) is 43.7 Å². The van der Waals surface area contributed by atoms with E-state index in [1.807, 2.05) is 57.2 Å². The third kappa shape index (κ3) is 3.81. The van der Waals surface area contributed by atoms with Gasteiger partial charge in [0.2, 0.25) is 5.91 Å². The molecule has 27 heavy (non-hydrogen) atoms. The number of aromatic hydroxyl groups is 1. The van der Waals surface area contributed by atoms with Gasteiger partial charge in [0.05, 0.1) is 11.7 Å². The lowest BCUT2D eigenvalue weighted by Gasteiger charge is -2.27. The number of thioether (sulfide) groups is 1. The summed E-state index contributed by atoms with van der Waals surface area (Å²) in [4.78, 5) is 26.0. The number of nitrogens with zero attached hydrogens (tertiary/aromatic N) is 1. The largest absolute Gasteiger partial charge is 0.508 e. The summed E-state index contributed by atoms with van der Waals surface area (Å²) in [5.41, 5.74) is 3.21. The van der Waals surface area contributed by atoms with Gasteiger partial charge in [0.15, 0.2) is 0 Å². The van der Waals surface area contributed by atoms with Crippen LogP contribution in [-0.2, 0) is 9.59 Å². The van der Waals surface area contributed by atoms with Crippen LogP contribution >= 0.6 is 11.8 Å². The van der Waals surface area contributed by atoms with E-state index in [1.165, 1.54) is 11.8 Å². The van der Waals surface area contributed by atoms with Crippen molar-refractivity contribution in [3.63, 3.8) is 0 Å². The highest BCUT2D eigenvalue weighted by atomic mass is 32.2. The highest BCUT2D eigenvalue weighted by Crippen LogP contribution is 2.48. The fraction of sp³-hybridized carbons (Fsp3) is 0.333. The van der Waals surface area contributed by atoms with E-state index in [0.29, 0.717) is 0 Å². The molecule has 0 aromatic heterocycles. The Labute approximate surface area is 163 Å². The molecule has 142 valence electrons. The SMILES string of the molecule is Cc1cc(O)c(C(C)C)cc1N1C(=O)C(CC(=O)O)SC1c1ccccc1. The number of carbonyl (C=O) groups is 2. The van der Waals surface area contributed by atoms with Gasteiger partial charge in [-0.25, -0.2) is 0 Å². The lowest BCUT2D eigenvalue weighted by Crippen LogP contribution is -2.32. The Hall–Kier alpha value is -2.47. The van der Waals surface area contributed by atoms with E-state index in [2.05, 4.69) is 0 Å². The second-order valence-corrected chi connectivity index (χ2v) is 8.33. The number of hydrogen-bond acceptors (Lipinski definition) is 4. The monoisotopic (exact) mass is 385 g/mol. The second-order valence-electron chi connectivity index (χ2n) is 7.05. The van der Waals surface area contributed by atoms with Crippen molar-refractivity contribution in [3.8, 4) is 5.75 Å². The molecule has 1 aliphatic heterocycles. The number of anilines is 1. The Morgan fingerprint density at radius 2 is 1.89 bits per heavy atom. The summed E-state index contributed by atoms with van der Waals surface area (Å²) in [6, 6.07) is 13.1. The number of aliphatic carboxylic acids is 1. The quantitative estimate of drug-likeness (QED) is 0.795. The summed E-state index contributed by atoms with van der Waals surface area (Å²) in [6.45, 7) is 5.82. The number of carboxylic acid groups (broad SMARTS) is 1. The van der Waals surface area contributed by atoms with Crippen LogP contribution in [0.25, 0.3) is 0 Å². The van der Waals surface area contributed by atoms with Gasteiger partial charge in [-0.2, -0.15) is 0 Å². The predicted octanol–water partition coefficient (Wildman–Crippen LogP) is 4.45. The molecule has 2 aromatic rings. The van der Waals surface area contributed by atoms with Crippen molar-refractivity contribution < 1.29 is 19.8 Å². The number of phenols is 1. The molecule has 0 bridgehead atoms. The molecule has 1 fully saturated rings. The topological polar surface area (TPSA) is 77.8 Å². The summed E-state index contributed by atoms with van der Waals surface area (Å²) < 4.78 is 0. The molecule has 1 saturated heterocycles. The van der Waals surface area contributed by atoms with Crippen molar-refractivity contribution in [2.24, 2.45) is 0 Å². The highest BCUT2D eigenvalue weighted by molar-refractivity contribution is 8.01. The number of aryl methyl sites for hydroxylation is 1. The van der Waals surface area contributed by atoms with Crippen molar-refractivity contribution in [1.29, 1.82) is 0 Å². The third-order valence-corrected chi connectivity index (χ3v) is 6.15. The lowest BCUT2D eigenvalue weighted by molar-refractivity contribution is -0.138. The minimum atomic E-state index is -0.986. The summed E-state index contributed by atoms with van der Waals surface area (Å²) in [5.74, 6) is -0.886. The summed E-state index contributed by atoms with van der Waals surface area (Å²) >= 11 is 1.36. The van der Waals surface area contributed by atoms with Gasteiger partial charge in [0, 0.05) is 5.69 Å². The highest BCUT2D eigenvalue weighted by Gasteiger charge is 2.43. The molecular formula is C21H23NO4S. The summed E-state index contributed by atoms with van der Waals surface area (Å²) in [6.07, 6.45) is -0.211. The van der Waals surface area contributed by atoms with Crippen molar-refractivity contribution >= 4 is 29.3 Å². The molecule has 1 aliphatic rings. The normalized spacial score (nSPS) is 19.7. The average molecular weight is 385 g/mol. The number of carbonyl (C=O) groups excluding carboxylic acids is 1. The van der Waals surface area contributed by atoms with E-state index in [1.54, 1.807) is 11.0 Å². The molecule has 3 rings (SSSR count). The van der Waals surface area contributed by atoms with Crippen LogP contribution in [0.3, 0.4) is 0 Å². The zero-order valence-corrected chi connectivity index (χ0v) is 16.4. The van der Waals surface area contributed by atoms with Crippen LogP contribution < -0.4 is 4.90 Å². The first-order chi connectivity index (χ1) is 12.8. The van der Waals surface area contributed by atoms with Gasteiger partial charge in [-0.3, -0.25) is 14.5 Å². The fourth-order valence-electron chi connectivity index (χ4n) is 3.35. The standard InChI is InChI=1S/C21H23NO4S/c1-12(2)15-10-16(13(3)9-17(15)23)22-20(26)18(11-19(24)25)27-21(22)14-7-5-4-6-8-14/h4-10,12,18,21,23H,11H2,1-3H3,(H,24,25). The summed E-state index contributed by atoms with van der Waals surface area (Å²) in [7, 11) is 0. The van der Waals surface area contributed by atoms with Crippen LogP contribution in [0.2, 0.25) is 0 Å². The van der Waals surface area contributed by atoms with Gasteiger partial charge in [-0.1, -0.05) is 44.2 Å². The van der Waals surface area contributed by atoms with Crippen LogP contribution in [0.15, 0.2) is 42.5 Å². The first kappa shape index (κ1) is 19.3. The van der Waals surface area contributed by atoms with Gasteiger partial charge in [0.25, 0.3) is 0 Å². The maximum Gasteiger partial charge on any atom is 0.305 e. The van der Waals surface area contributed by atoms with Gasteiger partial charge in [-0.15, -0.1) is 11.8 Å². The van der Waals surface area contributed by atoms with Gasteiger partial charge < -0.3 is 10.2 Å². The molecule has 0 radical (unpaired) electrons. The third-order valence-electron chi connectivity index (χ3n) is 4.71. The molecule has 0 saturated carbocycles. The number of amides is 1. The molecule has 6 heteroatoms. The van der Waals surface area contributed by atoms with E-state index in [4.69, 9.17) is 0 Å². The minimum Gasteiger partial charge on any atom is -0.508 e. The van der Waals surface area contributed by atoms with E-state index >= 15 is 0 Å². The molecule has 5 nitrogen and oxygen atoms in total. The molecule has 0 aliphatic carbocycles. The Kier molecular flexibility index (Phi) is 5.46. The van der Waals surface area contributed by atoms with Crippen LogP contribution in [0.5, 0.6) is 5.75 Å². The van der Waals surface area contributed by atoms with E-state index < -0.39 is 11.2 Å². The van der Waals surface area contributed by atoms with Gasteiger partial charge in [0.1, 0.15) is 11.1 Å². The molecule has 2 unspecified atom stereocenters. The number of rotatable bonds is 5. The molecule has 2 atom stereocenters. The van der Waals surface area contributed by atoms with Crippen LogP contribution in [-0.4, -0.2) is 27.3 Å². The van der Waals surface area contributed by atoms with Gasteiger partial charge in [-0.05, 0) is 41.7 Å². The number of phenolic OH excluding ortho intramolecular Hbond substituents is 1. The van der Waals surface area contributed by atoms with Crippen LogP contribution in [0.4, 0.5) is 5.69 Å². The lowest BCUT2D eigenvalue weighted by atomic mass is 9.98. The number of carboxylic acids is 1.